The molecule has 14 nitrogen and oxygen atoms in total. The first-order chi connectivity index (χ1) is 27.3. The van der Waals surface area contributed by atoms with Gasteiger partial charge in [-0.25, -0.2) is 27.1 Å². The van der Waals surface area contributed by atoms with Crippen LogP contribution in [0.1, 0.15) is 101 Å². The van der Waals surface area contributed by atoms with E-state index in [1.54, 1.807) is 63.8 Å². The topological polar surface area (TPSA) is 181 Å². The number of unbranched alkanes of at least 4 members (excludes halogenated alkanes) is 4. The molecule has 58 heavy (non-hydrogen) atoms. The molecule has 2 aromatic rings. The van der Waals surface area contributed by atoms with Crippen molar-refractivity contribution in [2.24, 2.45) is 5.92 Å². The van der Waals surface area contributed by atoms with E-state index in [1.807, 2.05) is 25.1 Å². The molecule has 2 heterocycles. The summed E-state index contributed by atoms with van der Waals surface area (Å²) in [5.74, 6) is -1.76. The van der Waals surface area contributed by atoms with Crippen LogP contribution in [-0.4, -0.2) is 84.5 Å². The largest absolute Gasteiger partial charge is 0.444 e. The van der Waals surface area contributed by atoms with E-state index in [1.165, 1.54) is 11.0 Å². The summed E-state index contributed by atoms with van der Waals surface area (Å²) in [5, 5.41) is 5.28. The normalized spacial score (nSPS) is 21.9. The minimum absolute atomic E-state index is 0.00822. The van der Waals surface area contributed by atoms with Crippen LogP contribution >= 0.6 is 0 Å². The summed E-state index contributed by atoms with van der Waals surface area (Å²) in [4.78, 5) is 67.4. The number of alkyl carbamates (subject to hydrolysis) is 1. The highest BCUT2D eigenvalue weighted by atomic mass is 32.2. The zero-order valence-electron chi connectivity index (χ0n) is 34.1. The van der Waals surface area contributed by atoms with Crippen LogP contribution < -0.4 is 15.4 Å². The zero-order valence-corrected chi connectivity index (χ0v) is 35.0. The number of nitrogens with one attached hydrogen (secondary N) is 3. The molecule has 2 aromatic carbocycles. The molecule has 2 aliphatic heterocycles. The second-order valence-electron chi connectivity index (χ2n) is 16.6. The van der Waals surface area contributed by atoms with Crippen LogP contribution in [-0.2, 0) is 47.0 Å². The standard InChI is InChI=1S/C42H56FN5O9S/c1-27-15-13-14-18-35(27)58(54,55)46-38(51)42(44-26-49)22-31(42)16-11-9-7-8-10-12-17-34(45-39(52)57-41(4,5)6)37(50)48-24-32(21-29(48)3)56-40(53)47-23-30-20-19-28(2)36(43)33(30)25-47/h11,13-16,18-20,26,29,31-32,34H,7-10,12,17,21-25H2,1-6H3,(H,44,49)(H,45,52)(H,46,51)/b16-11-. The van der Waals surface area contributed by atoms with Crippen LogP contribution in [0.3, 0.4) is 0 Å². The predicted molar refractivity (Wildman–Crippen MR) is 213 cm³/mol. The number of amides is 5. The number of carbonyl (C=O) groups excluding carboxylic acids is 5. The Balaban J connectivity index is 1.08. The minimum Gasteiger partial charge on any atom is -0.444 e. The molecular weight excluding hydrogens is 770 g/mol. The van der Waals surface area contributed by atoms with Crippen LogP contribution in [0.5, 0.6) is 0 Å². The van der Waals surface area contributed by atoms with Crippen molar-refractivity contribution in [1.82, 2.24) is 25.2 Å². The van der Waals surface area contributed by atoms with Gasteiger partial charge in [0.1, 0.15) is 29.1 Å². The Labute approximate surface area is 340 Å². The maximum atomic E-state index is 14.7. The number of nitrogens with zero attached hydrogens (tertiary/aromatic N) is 2. The smallest absolute Gasteiger partial charge is 0.410 e. The highest BCUT2D eigenvalue weighted by molar-refractivity contribution is 7.90. The molecule has 316 valence electrons. The summed E-state index contributed by atoms with van der Waals surface area (Å²) in [6.07, 6.45) is 7.05. The van der Waals surface area contributed by atoms with Crippen molar-refractivity contribution in [2.75, 3.05) is 6.54 Å². The molecule has 0 spiro atoms. The average Bonchev–Trinajstić information content (AvgIpc) is 3.46. The number of carbonyl (C=O) groups is 5. The fourth-order valence-electron chi connectivity index (χ4n) is 7.65. The van der Waals surface area contributed by atoms with E-state index in [2.05, 4.69) is 15.4 Å². The third-order valence-electron chi connectivity index (χ3n) is 10.9. The number of hydrogen-bond acceptors (Lipinski definition) is 9. The van der Waals surface area contributed by atoms with Gasteiger partial charge in [-0.2, -0.15) is 0 Å². The molecular formula is C42H56FN5O9S. The van der Waals surface area contributed by atoms with Crippen LogP contribution in [0.25, 0.3) is 0 Å². The second kappa shape index (κ2) is 18.3. The van der Waals surface area contributed by atoms with Crippen LogP contribution in [0, 0.1) is 25.6 Å². The molecule has 16 heteroatoms. The molecule has 5 rings (SSSR count). The van der Waals surface area contributed by atoms with Crippen molar-refractivity contribution in [3.05, 3.63) is 76.6 Å². The lowest BCUT2D eigenvalue weighted by molar-refractivity contribution is -0.134. The van der Waals surface area contributed by atoms with E-state index in [0.717, 1.165) is 24.8 Å². The molecule has 0 bridgehead atoms. The molecule has 1 aliphatic carbocycles. The third-order valence-corrected chi connectivity index (χ3v) is 12.4. The van der Waals surface area contributed by atoms with Crippen molar-refractivity contribution in [3.63, 3.8) is 0 Å². The summed E-state index contributed by atoms with van der Waals surface area (Å²) < 4.78 is 53.8. The van der Waals surface area contributed by atoms with Crippen molar-refractivity contribution < 1.29 is 46.3 Å². The van der Waals surface area contributed by atoms with Gasteiger partial charge in [0.15, 0.2) is 0 Å². The van der Waals surface area contributed by atoms with Gasteiger partial charge in [-0.3, -0.25) is 19.3 Å². The average molecular weight is 826 g/mol. The van der Waals surface area contributed by atoms with Gasteiger partial charge >= 0.3 is 12.2 Å². The lowest BCUT2D eigenvalue weighted by Crippen LogP contribution is -2.50. The second-order valence-corrected chi connectivity index (χ2v) is 18.3. The maximum absolute atomic E-state index is 14.7. The molecule has 2 fully saturated rings. The highest BCUT2D eigenvalue weighted by Crippen LogP contribution is 2.45. The quantitative estimate of drug-likeness (QED) is 0.109. The number of sulfonamides is 1. The number of halogens is 1. The Bertz CT molecular complexity index is 2020. The van der Waals surface area contributed by atoms with E-state index < -0.39 is 51.4 Å². The van der Waals surface area contributed by atoms with Crippen molar-refractivity contribution in [3.8, 4) is 0 Å². The summed E-state index contributed by atoms with van der Waals surface area (Å²) in [6.45, 7) is 10.9. The Morgan fingerprint density at radius 1 is 1.02 bits per heavy atom. The predicted octanol–water partition coefficient (Wildman–Crippen LogP) is 5.68. The fourth-order valence-corrected chi connectivity index (χ4v) is 8.93. The number of ether oxygens (including phenoxy) is 2. The summed E-state index contributed by atoms with van der Waals surface area (Å²) >= 11 is 0. The van der Waals surface area contributed by atoms with Crippen LogP contribution in [0.15, 0.2) is 53.4 Å². The number of fused-ring (bicyclic) bond motifs is 1. The van der Waals surface area contributed by atoms with Gasteiger partial charge in [-0.15, -0.1) is 0 Å². The summed E-state index contributed by atoms with van der Waals surface area (Å²) in [5.41, 5.74) is 0.132. The lowest BCUT2D eigenvalue weighted by Gasteiger charge is -2.28. The third kappa shape index (κ3) is 10.7. The number of likely N-dealkylation sites (tertiary alicyclic amines) is 1. The van der Waals surface area contributed by atoms with Gasteiger partial charge in [-0.1, -0.05) is 61.7 Å². The molecule has 3 aliphatic rings. The number of hydrogen-bond donors (Lipinski definition) is 3. The highest BCUT2D eigenvalue weighted by Gasteiger charge is 2.59. The molecule has 5 amide bonds. The first-order valence-electron chi connectivity index (χ1n) is 19.9. The van der Waals surface area contributed by atoms with Gasteiger partial charge in [-0.05, 0) is 90.0 Å². The Morgan fingerprint density at radius 3 is 2.45 bits per heavy atom. The van der Waals surface area contributed by atoms with Crippen molar-refractivity contribution in [2.45, 2.75) is 140 Å². The van der Waals surface area contributed by atoms with Gasteiger partial charge < -0.3 is 25.0 Å². The SMILES string of the molecule is Cc1ccccc1S(=O)(=O)NC(=O)C1(NC=O)CC1/C=C\CCCCCCC(NC(=O)OC(C)(C)C)C(=O)N1CC(OC(=O)N2Cc3ccc(C)c(F)c3C2)CC1C. The van der Waals surface area contributed by atoms with Gasteiger partial charge in [0.2, 0.25) is 12.3 Å². The van der Waals surface area contributed by atoms with Crippen LogP contribution in [0.2, 0.25) is 0 Å². The van der Waals surface area contributed by atoms with E-state index in [-0.39, 0.29) is 54.6 Å². The molecule has 0 radical (unpaired) electrons. The number of benzene rings is 2. The van der Waals surface area contributed by atoms with E-state index >= 15 is 0 Å². The van der Waals surface area contributed by atoms with E-state index in [4.69, 9.17) is 9.47 Å². The first kappa shape index (κ1) is 44.1. The first-order valence-corrected chi connectivity index (χ1v) is 21.4. The Kier molecular flexibility index (Phi) is 13.9. The summed E-state index contributed by atoms with van der Waals surface area (Å²) in [7, 11) is -4.13. The van der Waals surface area contributed by atoms with E-state index in [0.29, 0.717) is 48.8 Å². The van der Waals surface area contributed by atoms with Gasteiger partial charge in [0, 0.05) is 30.5 Å². The van der Waals surface area contributed by atoms with E-state index in [9.17, 15) is 36.8 Å². The van der Waals surface area contributed by atoms with Crippen molar-refractivity contribution in [1.29, 1.82) is 0 Å². The molecule has 1 saturated heterocycles. The van der Waals surface area contributed by atoms with Gasteiger partial charge in [0.05, 0.1) is 18.0 Å². The maximum Gasteiger partial charge on any atom is 0.410 e. The molecule has 3 N–H and O–H groups in total. The molecule has 0 aromatic heterocycles. The monoisotopic (exact) mass is 825 g/mol. The van der Waals surface area contributed by atoms with Crippen molar-refractivity contribution >= 4 is 40.4 Å². The fraction of sp³-hybridized carbons (Fsp3) is 0.548. The molecule has 5 atom stereocenters. The van der Waals surface area contributed by atoms with Crippen LogP contribution in [0.4, 0.5) is 14.0 Å². The zero-order chi connectivity index (χ0) is 42.4. The molecule has 1 saturated carbocycles. The Morgan fingerprint density at radius 2 is 1.74 bits per heavy atom. The lowest BCUT2D eigenvalue weighted by atomic mass is 10.0. The summed E-state index contributed by atoms with van der Waals surface area (Å²) in [6, 6.07) is 8.71. The van der Waals surface area contributed by atoms with Gasteiger partial charge in [0.25, 0.3) is 15.9 Å². The number of rotatable bonds is 16. The number of aryl methyl sites for hydroxylation is 2. The number of allylic oxidation sites excluding steroid dienone is 1. The molecule has 5 unspecified atom stereocenters. The minimum atomic E-state index is -4.13. The Hall–Kier alpha value is -4.99.